The standard InChI is InChI=1S/C14H10BrN3/c15-12-6-8-13(9-7-12)18-10-16-14(17-18)11-4-2-1-3-5-11/h1-10H. The van der Waals surface area contributed by atoms with E-state index in [1.807, 2.05) is 54.6 Å². The van der Waals surface area contributed by atoms with Crippen molar-refractivity contribution in [3.05, 3.63) is 65.4 Å². The smallest absolute Gasteiger partial charge is 0.181 e. The van der Waals surface area contributed by atoms with E-state index < -0.39 is 0 Å². The van der Waals surface area contributed by atoms with Crippen LogP contribution in [0.15, 0.2) is 65.4 Å². The van der Waals surface area contributed by atoms with Crippen molar-refractivity contribution in [1.82, 2.24) is 14.8 Å². The minimum Gasteiger partial charge on any atom is -0.220 e. The fraction of sp³-hybridized carbons (Fsp3) is 0. The third kappa shape index (κ3) is 2.19. The molecular weight excluding hydrogens is 290 g/mol. The lowest BCUT2D eigenvalue weighted by Crippen LogP contribution is -1.94. The SMILES string of the molecule is Brc1ccc(-n2cnc(-c3ccccc3)n2)cc1. The van der Waals surface area contributed by atoms with Crippen LogP contribution in [0.1, 0.15) is 0 Å². The molecule has 0 N–H and O–H groups in total. The zero-order chi connectivity index (χ0) is 12.4. The Bertz CT molecular complexity index is 644. The van der Waals surface area contributed by atoms with E-state index in [1.165, 1.54) is 0 Å². The maximum Gasteiger partial charge on any atom is 0.181 e. The molecule has 0 unspecified atom stereocenters. The average Bonchev–Trinajstić information content (AvgIpc) is 2.90. The first-order valence-electron chi connectivity index (χ1n) is 5.56. The summed E-state index contributed by atoms with van der Waals surface area (Å²) >= 11 is 3.41. The molecule has 18 heavy (non-hydrogen) atoms. The Morgan fingerprint density at radius 3 is 2.33 bits per heavy atom. The molecule has 3 rings (SSSR count). The maximum atomic E-state index is 4.47. The Kier molecular flexibility index (Phi) is 2.94. The molecule has 0 fully saturated rings. The van der Waals surface area contributed by atoms with Gasteiger partial charge in [-0.3, -0.25) is 0 Å². The van der Waals surface area contributed by atoms with Crippen LogP contribution in [0.5, 0.6) is 0 Å². The van der Waals surface area contributed by atoms with Crippen molar-refractivity contribution in [3.8, 4) is 17.1 Å². The molecule has 1 heterocycles. The lowest BCUT2D eigenvalue weighted by Gasteiger charge is -1.99. The largest absolute Gasteiger partial charge is 0.220 e. The van der Waals surface area contributed by atoms with Crippen LogP contribution in [-0.2, 0) is 0 Å². The maximum absolute atomic E-state index is 4.47. The molecule has 0 amide bonds. The predicted octanol–water partition coefficient (Wildman–Crippen LogP) is 3.70. The van der Waals surface area contributed by atoms with Gasteiger partial charge in [0.05, 0.1) is 5.69 Å². The number of nitrogens with zero attached hydrogens (tertiary/aromatic N) is 3. The van der Waals surface area contributed by atoms with E-state index in [0.717, 1.165) is 21.5 Å². The minimum atomic E-state index is 0.735. The molecule has 88 valence electrons. The van der Waals surface area contributed by atoms with Crippen LogP contribution in [0, 0.1) is 0 Å². The minimum absolute atomic E-state index is 0.735. The molecule has 2 aromatic carbocycles. The summed E-state index contributed by atoms with van der Waals surface area (Å²) in [5.74, 6) is 0.735. The molecule has 4 heteroatoms. The average molecular weight is 300 g/mol. The van der Waals surface area contributed by atoms with Gasteiger partial charge >= 0.3 is 0 Å². The molecule has 3 nitrogen and oxygen atoms in total. The molecule has 0 atom stereocenters. The van der Waals surface area contributed by atoms with Crippen molar-refractivity contribution in [3.63, 3.8) is 0 Å². The highest BCUT2D eigenvalue weighted by Gasteiger charge is 2.04. The van der Waals surface area contributed by atoms with Gasteiger partial charge in [-0.1, -0.05) is 46.3 Å². The number of benzene rings is 2. The quantitative estimate of drug-likeness (QED) is 0.722. The van der Waals surface area contributed by atoms with Gasteiger partial charge in [0, 0.05) is 10.0 Å². The van der Waals surface area contributed by atoms with Crippen molar-refractivity contribution in [2.45, 2.75) is 0 Å². The zero-order valence-electron chi connectivity index (χ0n) is 9.49. The molecule has 0 saturated heterocycles. The predicted molar refractivity (Wildman–Crippen MR) is 74.5 cm³/mol. The topological polar surface area (TPSA) is 30.7 Å². The molecule has 0 saturated carbocycles. The van der Waals surface area contributed by atoms with Crippen molar-refractivity contribution in [1.29, 1.82) is 0 Å². The first kappa shape index (κ1) is 11.2. The Balaban J connectivity index is 1.97. The second kappa shape index (κ2) is 4.74. The second-order valence-corrected chi connectivity index (χ2v) is 4.77. The molecule has 0 aliphatic heterocycles. The highest BCUT2D eigenvalue weighted by atomic mass is 79.9. The summed E-state index contributed by atoms with van der Waals surface area (Å²) in [6.07, 6.45) is 1.73. The molecule has 0 aliphatic rings. The highest BCUT2D eigenvalue weighted by molar-refractivity contribution is 9.10. The molecule has 3 aromatic rings. The fourth-order valence-electron chi connectivity index (χ4n) is 1.70. The van der Waals surface area contributed by atoms with Gasteiger partial charge in [-0.2, -0.15) is 0 Å². The summed E-state index contributed by atoms with van der Waals surface area (Å²) in [6, 6.07) is 17.9. The Morgan fingerprint density at radius 2 is 1.61 bits per heavy atom. The first-order chi connectivity index (χ1) is 8.83. The van der Waals surface area contributed by atoms with Crippen LogP contribution >= 0.6 is 15.9 Å². The molecule has 0 spiro atoms. The monoisotopic (exact) mass is 299 g/mol. The summed E-state index contributed by atoms with van der Waals surface area (Å²) in [6.45, 7) is 0. The van der Waals surface area contributed by atoms with Gasteiger partial charge in [0.1, 0.15) is 6.33 Å². The van der Waals surface area contributed by atoms with Crippen LogP contribution in [-0.4, -0.2) is 14.8 Å². The Hall–Kier alpha value is -1.94. The van der Waals surface area contributed by atoms with E-state index in [-0.39, 0.29) is 0 Å². The zero-order valence-corrected chi connectivity index (χ0v) is 11.1. The second-order valence-electron chi connectivity index (χ2n) is 3.86. The van der Waals surface area contributed by atoms with E-state index in [4.69, 9.17) is 0 Å². The summed E-state index contributed by atoms with van der Waals surface area (Å²) < 4.78 is 2.82. The lowest BCUT2D eigenvalue weighted by atomic mass is 10.2. The van der Waals surface area contributed by atoms with E-state index >= 15 is 0 Å². The molecule has 0 bridgehead atoms. The third-order valence-corrected chi connectivity index (χ3v) is 3.14. The Labute approximate surface area is 113 Å². The van der Waals surface area contributed by atoms with Crippen LogP contribution < -0.4 is 0 Å². The number of hydrogen-bond acceptors (Lipinski definition) is 2. The van der Waals surface area contributed by atoms with Crippen molar-refractivity contribution >= 4 is 15.9 Å². The van der Waals surface area contributed by atoms with Crippen LogP contribution in [0.3, 0.4) is 0 Å². The first-order valence-corrected chi connectivity index (χ1v) is 6.35. The van der Waals surface area contributed by atoms with Gasteiger partial charge in [0.2, 0.25) is 0 Å². The summed E-state index contributed by atoms with van der Waals surface area (Å²) in [4.78, 5) is 4.33. The third-order valence-electron chi connectivity index (χ3n) is 2.62. The van der Waals surface area contributed by atoms with Crippen molar-refractivity contribution in [2.75, 3.05) is 0 Å². The van der Waals surface area contributed by atoms with Gasteiger partial charge in [0.25, 0.3) is 0 Å². The molecule has 0 radical (unpaired) electrons. The van der Waals surface area contributed by atoms with Crippen LogP contribution in [0.2, 0.25) is 0 Å². The number of hydrogen-bond donors (Lipinski definition) is 0. The highest BCUT2D eigenvalue weighted by Crippen LogP contribution is 2.16. The summed E-state index contributed by atoms with van der Waals surface area (Å²) in [5, 5.41) is 4.47. The van der Waals surface area contributed by atoms with Gasteiger partial charge < -0.3 is 0 Å². The van der Waals surface area contributed by atoms with E-state index in [0.29, 0.717) is 0 Å². The Morgan fingerprint density at radius 1 is 0.889 bits per heavy atom. The van der Waals surface area contributed by atoms with E-state index in [2.05, 4.69) is 26.0 Å². The molecule has 1 aromatic heterocycles. The summed E-state index contributed by atoms with van der Waals surface area (Å²) in [5.41, 5.74) is 2.02. The number of rotatable bonds is 2. The van der Waals surface area contributed by atoms with Gasteiger partial charge in [0.15, 0.2) is 5.82 Å². The molecule has 0 aliphatic carbocycles. The number of halogens is 1. The molecular formula is C14H10BrN3. The van der Waals surface area contributed by atoms with E-state index in [9.17, 15) is 0 Å². The van der Waals surface area contributed by atoms with Gasteiger partial charge in [-0.15, -0.1) is 5.10 Å². The van der Waals surface area contributed by atoms with Gasteiger partial charge in [-0.05, 0) is 24.3 Å². The van der Waals surface area contributed by atoms with E-state index in [1.54, 1.807) is 11.0 Å². The summed E-state index contributed by atoms with van der Waals surface area (Å²) in [7, 11) is 0. The van der Waals surface area contributed by atoms with Gasteiger partial charge in [-0.25, -0.2) is 9.67 Å². The van der Waals surface area contributed by atoms with Crippen LogP contribution in [0.4, 0.5) is 0 Å². The fourth-order valence-corrected chi connectivity index (χ4v) is 1.97. The lowest BCUT2D eigenvalue weighted by molar-refractivity contribution is 0.882. The van der Waals surface area contributed by atoms with Crippen LogP contribution in [0.25, 0.3) is 17.1 Å². The normalized spacial score (nSPS) is 10.5. The van der Waals surface area contributed by atoms with Crippen molar-refractivity contribution < 1.29 is 0 Å². The van der Waals surface area contributed by atoms with Crippen molar-refractivity contribution in [2.24, 2.45) is 0 Å². The number of aromatic nitrogens is 3.